The number of ether oxygens (including phenoxy) is 1. The van der Waals surface area contributed by atoms with E-state index in [4.69, 9.17) is 4.74 Å². The van der Waals surface area contributed by atoms with E-state index >= 15 is 0 Å². The fourth-order valence-electron chi connectivity index (χ4n) is 2.36. The monoisotopic (exact) mass is 300 g/mol. The van der Waals surface area contributed by atoms with Crippen LogP contribution in [-0.4, -0.2) is 12.2 Å². The first kappa shape index (κ1) is 18.7. The molecule has 122 valence electrons. The van der Waals surface area contributed by atoms with Gasteiger partial charge >= 0.3 is 0 Å². The minimum absolute atomic E-state index is 0.0582. The average molecular weight is 300 g/mol. The lowest BCUT2D eigenvalue weighted by atomic mass is 9.97. The van der Waals surface area contributed by atoms with Crippen molar-refractivity contribution in [1.82, 2.24) is 0 Å². The topological polar surface area (TPSA) is 9.23 Å². The highest BCUT2D eigenvalue weighted by molar-refractivity contribution is 5.49. The van der Waals surface area contributed by atoms with Gasteiger partial charge in [0.2, 0.25) is 0 Å². The number of rotatable bonds is 10. The number of aryl methyl sites for hydroxylation is 1. The molecular formula is C21H32O. The summed E-state index contributed by atoms with van der Waals surface area (Å²) in [5.41, 5.74) is 2.55. The molecule has 0 radical (unpaired) electrons. The van der Waals surface area contributed by atoms with E-state index in [1.165, 1.54) is 24.0 Å². The van der Waals surface area contributed by atoms with Gasteiger partial charge in [-0.2, -0.15) is 0 Å². The SMILES string of the molecule is C=CC(C)CCCC(C)(C)OCC=Cc1ccc(CC)cc1. The molecule has 0 aliphatic rings. The van der Waals surface area contributed by atoms with Crippen molar-refractivity contribution < 1.29 is 4.74 Å². The highest BCUT2D eigenvalue weighted by atomic mass is 16.5. The molecule has 1 aromatic carbocycles. The largest absolute Gasteiger partial charge is 0.372 e. The smallest absolute Gasteiger partial charge is 0.0657 e. The second-order valence-corrected chi connectivity index (χ2v) is 6.67. The highest BCUT2D eigenvalue weighted by Gasteiger charge is 2.17. The van der Waals surface area contributed by atoms with E-state index < -0.39 is 0 Å². The summed E-state index contributed by atoms with van der Waals surface area (Å²) < 4.78 is 6.00. The Labute approximate surface area is 137 Å². The Balaban J connectivity index is 2.31. The van der Waals surface area contributed by atoms with Gasteiger partial charge in [-0.3, -0.25) is 0 Å². The molecule has 1 atom stereocenters. The molecule has 1 rings (SSSR count). The third-order valence-corrected chi connectivity index (χ3v) is 4.11. The molecule has 22 heavy (non-hydrogen) atoms. The Morgan fingerprint density at radius 3 is 2.50 bits per heavy atom. The third kappa shape index (κ3) is 7.61. The van der Waals surface area contributed by atoms with Gasteiger partial charge in [0.25, 0.3) is 0 Å². The number of allylic oxidation sites excluding steroid dienone is 1. The predicted octanol–water partition coefficient (Wildman–Crippen LogP) is 6.05. The molecule has 0 saturated heterocycles. The maximum Gasteiger partial charge on any atom is 0.0657 e. The van der Waals surface area contributed by atoms with E-state index in [9.17, 15) is 0 Å². The minimum Gasteiger partial charge on any atom is -0.372 e. The summed E-state index contributed by atoms with van der Waals surface area (Å²) in [5, 5.41) is 0. The van der Waals surface area contributed by atoms with Gasteiger partial charge in [-0.15, -0.1) is 6.58 Å². The number of hydrogen-bond acceptors (Lipinski definition) is 1. The van der Waals surface area contributed by atoms with Crippen molar-refractivity contribution in [2.45, 2.75) is 59.0 Å². The van der Waals surface area contributed by atoms with Crippen molar-refractivity contribution in [1.29, 1.82) is 0 Å². The van der Waals surface area contributed by atoms with Gasteiger partial charge in [-0.05, 0) is 50.2 Å². The fraction of sp³-hybridized carbons (Fsp3) is 0.524. The standard InChI is InChI=1S/C21H32O/c1-6-18(3)10-8-16-21(4,5)22-17-9-11-20-14-12-19(7-2)13-15-20/h6,9,11-15,18H,1,7-8,10,16-17H2,2-5H3. The van der Waals surface area contributed by atoms with Crippen LogP contribution in [0.25, 0.3) is 6.08 Å². The molecule has 0 amide bonds. The molecular weight excluding hydrogens is 268 g/mol. The summed E-state index contributed by atoms with van der Waals surface area (Å²) in [6.45, 7) is 13.2. The Bertz CT molecular complexity index is 453. The van der Waals surface area contributed by atoms with Crippen molar-refractivity contribution in [3.63, 3.8) is 0 Å². The number of hydrogen-bond donors (Lipinski definition) is 0. The van der Waals surface area contributed by atoms with Gasteiger partial charge in [-0.1, -0.05) is 62.8 Å². The maximum atomic E-state index is 6.00. The van der Waals surface area contributed by atoms with Crippen molar-refractivity contribution in [3.05, 3.63) is 54.1 Å². The molecule has 1 unspecified atom stereocenters. The number of benzene rings is 1. The first-order valence-electron chi connectivity index (χ1n) is 8.49. The third-order valence-electron chi connectivity index (χ3n) is 4.11. The Morgan fingerprint density at radius 2 is 1.91 bits per heavy atom. The highest BCUT2D eigenvalue weighted by Crippen LogP contribution is 2.20. The van der Waals surface area contributed by atoms with Crippen LogP contribution in [0.2, 0.25) is 0 Å². The van der Waals surface area contributed by atoms with Crippen LogP contribution in [0.3, 0.4) is 0 Å². The van der Waals surface area contributed by atoms with Gasteiger partial charge < -0.3 is 4.74 Å². The molecule has 1 nitrogen and oxygen atoms in total. The van der Waals surface area contributed by atoms with E-state index in [0.29, 0.717) is 12.5 Å². The quantitative estimate of drug-likeness (QED) is 0.478. The summed E-state index contributed by atoms with van der Waals surface area (Å²) in [4.78, 5) is 0. The molecule has 1 aromatic rings. The van der Waals surface area contributed by atoms with E-state index in [-0.39, 0.29) is 5.60 Å². The summed E-state index contributed by atoms with van der Waals surface area (Å²) in [7, 11) is 0. The van der Waals surface area contributed by atoms with Gasteiger partial charge in [0.05, 0.1) is 12.2 Å². The van der Waals surface area contributed by atoms with Gasteiger partial charge in [-0.25, -0.2) is 0 Å². The molecule has 0 bridgehead atoms. The summed E-state index contributed by atoms with van der Waals surface area (Å²) in [6.07, 6.45) is 10.8. The Hall–Kier alpha value is -1.34. The van der Waals surface area contributed by atoms with E-state index in [0.717, 1.165) is 12.8 Å². The predicted molar refractivity (Wildman–Crippen MR) is 98.1 cm³/mol. The maximum absolute atomic E-state index is 6.00. The Morgan fingerprint density at radius 1 is 1.23 bits per heavy atom. The first-order valence-corrected chi connectivity index (χ1v) is 8.49. The molecule has 0 heterocycles. The molecule has 1 heteroatoms. The second-order valence-electron chi connectivity index (χ2n) is 6.67. The average Bonchev–Trinajstić information content (AvgIpc) is 2.51. The lowest BCUT2D eigenvalue weighted by Crippen LogP contribution is -2.24. The van der Waals surface area contributed by atoms with Crippen molar-refractivity contribution in [3.8, 4) is 0 Å². The van der Waals surface area contributed by atoms with Crippen LogP contribution in [0.1, 0.15) is 58.1 Å². The lowest BCUT2D eigenvalue weighted by Gasteiger charge is -2.25. The van der Waals surface area contributed by atoms with Crippen LogP contribution in [-0.2, 0) is 11.2 Å². The van der Waals surface area contributed by atoms with Gasteiger partial charge in [0, 0.05) is 0 Å². The molecule has 0 fully saturated rings. The summed E-state index contributed by atoms with van der Waals surface area (Å²) in [6, 6.07) is 8.70. The first-order chi connectivity index (χ1) is 10.5. The minimum atomic E-state index is -0.0582. The van der Waals surface area contributed by atoms with Crippen molar-refractivity contribution in [2.75, 3.05) is 6.61 Å². The molecule has 0 aliphatic carbocycles. The molecule has 0 saturated carbocycles. The van der Waals surface area contributed by atoms with Crippen LogP contribution in [0.4, 0.5) is 0 Å². The normalized spacial score (nSPS) is 13.5. The van der Waals surface area contributed by atoms with Crippen LogP contribution < -0.4 is 0 Å². The molecule has 0 aromatic heterocycles. The zero-order valence-corrected chi connectivity index (χ0v) is 14.8. The van der Waals surface area contributed by atoms with E-state index in [1.807, 2.05) is 6.08 Å². The van der Waals surface area contributed by atoms with Crippen molar-refractivity contribution >= 4 is 6.08 Å². The van der Waals surface area contributed by atoms with Crippen LogP contribution in [0.5, 0.6) is 0 Å². The zero-order valence-electron chi connectivity index (χ0n) is 14.8. The van der Waals surface area contributed by atoms with E-state index in [2.05, 4.69) is 70.7 Å². The molecule has 0 aliphatic heterocycles. The van der Waals surface area contributed by atoms with E-state index in [1.54, 1.807) is 0 Å². The zero-order chi connectivity index (χ0) is 16.4. The van der Waals surface area contributed by atoms with Gasteiger partial charge in [0.1, 0.15) is 0 Å². The summed E-state index contributed by atoms with van der Waals surface area (Å²) >= 11 is 0. The molecule has 0 spiro atoms. The van der Waals surface area contributed by atoms with Crippen LogP contribution in [0, 0.1) is 5.92 Å². The molecule has 0 N–H and O–H groups in total. The summed E-state index contributed by atoms with van der Waals surface area (Å²) in [5.74, 6) is 0.599. The fourth-order valence-corrected chi connectivity index (χ4v) is 2.36. The van der Waals surface area contributed by atoms with Crippen LogP contribution >= 0.6 is 0 Å². The lowest BCUT2D eigenvalue weighted by molar-refractivity contribution is -0.00909. The Kier molecular flexibility index (Phi) is 8.19. The second kappa shape index (κ2) is 9.63. The van der Waals surface area contributed by atoms with Crippen molar-refractivity contribution in [2.24, 2.45) is 5.92 Å². The van der Waals surface area contributed by atoms with Gasteiger partial charge in [0.15, 0.2) is 0 Å². The van der Waals surface area contributed by atoms with Crippen LogP contribution in [0.15, 0.2) is 43.0 Å².